The van der Waals surface area contributed by atoms with Crippen molar-refractivity contribution in [1.29, 1.82) is 0 Å². The lowest BCUT2D eigenvalue weighted by Crippen LogP contribution is -2.19. The van der Waals surface area contributed by atoms with Crippen molar-refractivity contribution in [2.45, 2.75) is 0 Å². The molecule has 0 aliphatic heterocycles. The second-order valence-electron chi connectivity index (χ2n) is 1.24. The smallest absolute Gasteiger partial charge is 0.329 e. The van der Waals surface area contributed by atoms with Gasteiger partial charge in [-0.3, -0.25) is 0 Å². The van der Waals surface area contributed by atoms with Gasteiger partial charge in [-0.25, -0.2) is 9.65 Å². The Balaban J connectivity index is 3.26. The first-order valence-electron chi connectivity index (χ1n) is 2.07. The number of hydrogen-bond acceptors (Lipinski definition) is 2. The molecular weight excluding hydrogens is 131 g/mol. The van der Waals surface area contributed by atoms with Gasteiger partial charge in [0.05, 0.1) is 0 Å². The molecule has 0 saturated carbocycles. The molecule has 0 unspecified atom stereocenters. The first-order valence-corrected chi connectivity index (χ1v) is 3.68. The topological polar surface area (TPSA) is 95.6 Å². The van der Waals surface area contributed by atoms with Gasteiger partial charge in [-0.15, -0.1) is 0 Å². The fraction of sp³-hybridized carbons (Fsp3) is 1.00. The molecule has 0 aliphatic rings. The van der Waals surface area contributed by atoms with E-state index in [0.29, 0.717) is 0 Å². The Bertz CT molecular complexity index is 99.5. The molecule has 0 radical (unpaired) electrons. The highest BCUT2D eigenvalue weighted by Gasteiger charge is 2.08. The first-order chi connectivity index (χ1) is 3.56. The monoisotopic (exact) mass is 140 g/mol. The molecule has 0 aliphatic carbocycles. The molecule has 0 amide bonds. The van der Waals surface area contributed by atoms with Gasteiger partial charge < -0.3 is 15.5 Å². The molecule has 50 valence electrons. The van der Waals surface area contributed by atoms with E-state index in [1.54, 1.807) is 0 Å². The fourth-order valence-electron chi connectivity index (χ4n) is 0.210. The maximum absolute atomic E-state index is 9.92. The number of hydrogen-bond donors (Lipinski definition) is 4. The standard InChI is InChI=1S/C2H9N2O3P/c3-1-2-4-8(5,6)7/h1-3H2,(H3,4,5,6,7). The van der Waals surface area contributed by atoms with Gasteiger partial charge in [-0.1, -0.05) is 0 Å². The SMILES string of the molecule is NCCNP(=O)(O)O. The van der Waals surface area contributed by atoms with E-state index in [4.69, 9.17) is 15.5 Å². The van der Waals surface area contributed by atoms with Crippen LogP contribution in [-0.2, 0) is 4.57 Å². The van der Waals surface area contributed by atoms with Crippen molar-refractivity contribution >= 4 is 7.75 Å². The molecular formula is C2H9N2O3P. The minimum atomic E-state index is -4.01. The Morgan fingerprint density at radius 2 is 2.12 bits per heavy atom. The maximum Gasteiger partial charge on any atom is 0.400 e. The van der Waals surface area contributed by atoms with Gasteiger partial charge in [0.15, 0.2) is 0 Å². The maximum atomic E-state index is 9.92. The lowest BCUT2D eigenvalue weighted by molar-refractivity contribution is 0.358. The summed E-state index contributed by atoms with van der Waals surface area (Å²) in [5.41, 5.74) is 4.93. The average molecular weight is 140 g/mol. The quantitative estimate of drug-likeness (QED) is 0.362. The van der Waals surface area contributed by atoms with Crippen LogP contribution in [0.25, 0.3) is 0 Å². The third-order valence-corrected chi connectivity index (χ3v) is 1.10. The van der Waals surface area contributed by atoms with Crippen molar-refractivity contribution in [2.75, 3.05) is 13.1 Å². The molecule has 0 saturated heterocycles. The third-order valence-electron chi connectivity index (χ3n) is 0.462. The molecule has 8 heavy (non-hydrogen) atoms. The number of rotatable bonds is 3. The van der Waals surface area contributed by atoms with Crippen LogP contribution in [0.5, 0.6) is 0 Å². The van der Waals surface area contributed by atoms with Crippen LogP contribution in [0.1, 0.15) is 0 Å². The van der Waals surface area contributed by atoms with Crippen LogP contribution in [0.3, 0.4) is 0 Å². The lowest BCUT2D eigenvalue weighted by atomic mass is 10.7. The zero-order chi connectivity index (χ0) is 6.62. The van der Waals surface area contributed by atoms with E-state index in [-0.39, 0.29) is 13.1 Å². The van der Waals surface area contributed by atoms with E-state index < -0.39 is 7.75 Å². The van der Waals surface area contributed by atoms with Gasteiger partial charge in [0.25, 0.3) is 0 Å². The molecule has 0 heterocycles. The second-order valence-corrected chi connectivity index (χ2v) is 2.65. The summed E-state index contributed by atoms with van der Waals surface area (Å²) in [5, 5.41) is 1.91. The summed E-state index contributed by atoms with van der Waals surface area (Å²) >= 11 is 0. The van der Waals surface area contributed by atoms with Gasteiger partial charge >= 0.3 is 7.75 Å². The molecule has 0 fully saturated rings. The molecule has 6 heteroatoms. The van der Waals surface area contributed by atoms with Crippen LogP contribution >= 0.6 is 7.75 Å². The number of nitrogens with one attached hydrogen (secondary N) is 1. The van der Waals surface area contributed by atoms with Gasteiger partial charge in [-0.2, -0.15) is 0 Å². The molecule has 0 bridgehead atoms. The van der Waals surface area contributed by atoms with E-state index in [9.17, 15) is 4.57 Å². The van der Waals surface area contributed by atoms with Crippen LogP contribution < -0.4 is 10.8 Å². The zero-order valence-electron chi connectivity index (χ0n) is 4.24. The Kier molecular flexibility index (Phi) is 3.19. The molecule has 0 spiro atoms. The average Bonchev–Trinajstić information content (AvgIpc) is 1.59. The van der Waals surface area contributed by atoms with E-state index in [1.165, 1.54) is 0 Å². The molecule has 5 N–H and O–H groups in total. The van der Waals surface area contributed by atoms with Crippen LogP contribution in [0, 0.1) is 0 Å². The van der Waals surface area contributed by atoms with Crippen molar-refractivity contribution in [3.63, 3.8) is 0 Å². The molecule has 0 atom stereocenters. The predicted molar refractivity (Wildman–Crippen MR) is 29.1 cm³/mol. The molecule has 0 rings (SSSR count). The number of nitrogens with two attached hydrogens (primary N) is 1. The Labute approximate surface area is 47.1 Å². The summed E-state index contributed by atoms with van der Waals surface area (Å²) in [4.78, 5) is 16.2. The van der Waals surface area contributed by atoms with Gasteiger partial charge in [0.2, 0.25) is 0 Å². The molecule has 0 aromatic rings. The summed E-state index contributed by atoms with van der Waals surface area (Å²) in [6.07, 6.45) is 0. The lowest BCUT2D eigenvalue weighted by Gasteiger charge is -2.01. The molecule has 0 aromatic carbocycles. The van der Waals surface area contributed by atoms with Crippen molar-refractivity contribution in [2.24, 2.45) is 5.73 Å². The first kappa shape index (κ1) is 8.07. The van der Waals surface area contributed by atoms with Gasteiger partial charge in [0.1, 0.15) is 0 Å². The zero-order valence-corrected chi connectivity index (χ0v) is 5.14. The largest absolute Gasteiger partial charge is 0.400 e. The Hall–Kier alpha value is 0.0700. The summed E-state index contributed by atoms with van der Waals surface area (Å²) < 4.78 is 9.92. The molecule has 5 nitrogen and oxygen atoms in total. The highest BCUT2D eigenvalue weighted by atomic mass is 31.2. The summed E-state index contributed by atoms with van der Waals surface area (Å²) in [6, 6.07) is 0. The van der Waals surface area contributed by atoms with Crippen LogP contribution in [0.2, 0.25) is 0 Å². The summed E-state index contributed by atoms with van der Waals surface area (Å²) in [5.74, 6) is 0. The van der Waals surface area contributed by atoms with Crippen molar-refractivity contribution in [3.8, 4) is 0 Å². The summed E-state index contributed by atoms with van der Waals surface area (Å²) in [7, 11) is -4.01. The normalized spacial score (nSPS) is 11.9. The highest BCUT2D eigenvalue weighted by molar-refractivity contribution is 7.49. The van der Waals surface area contributed by atoms with E-state index >= 15 is 0 Å². The van der Waals surface area contributed by atoms with Crippen LogP contribution in [0.15, 0.2) is 0 Å². The van der Waals surface area contributed by atoms with E-state index in [1.807, 2.05) is 5.09 Å². The Morgan fingerprint density at radius 3 is 2.25 bits per heavy atom. The second kappa shape index (κ2) is 3.17. The van der Waals surface area contributed by atoms with Crippen LogP contribution in [0.4, 0.5) is 0 Å². The Morgan fingerprint density at radius 1 is 1.62 bits per heavy atom. The minimum Gasteiger partial charge on any atom is -0.329 e. The minimum absolute atomic E-state index is 0.143. The summed E-state index contributed by atoms with van der Waals surface area (Å²) in [6.45, 7) is 0.370. The molecule has 0 aromatic heterocycles. The fourth-order valence-corrected chi connectivity index (χ4v) is 0.631. The highest BCUT2D eigenvalue weighted by Crippen LogP contribution is 2.26. The van der Waals surface area contributed by atoms with E-state index in [0.717, 1.165) is 0 Å². The predicted octanol–water partition coefficient (Wildman–Crippen LogP) is -1.37. The van der Waals surface area contributed by atoms with Gasteiger partial charge in [-0.05, 0) is 0 Å². The van der Waals surface area contributed by atoms with Crippen molar-refractivity contribution in [1.82, 2.24) is 5.09 Å². The van der Waals surface area contributed by atoms with Crippen molar-refractivity contribution in [3.05, 3.63) is 0 Å². The van der Waals surface area contributed by atoms with Crippen LogP contribution in [-0.4, -0.2) is 22.9 Å². The van der Waals surface area contributed by atoms with Crippen molar-refractivity contribution < 1.29 is 14.4 Å². The van der Waals surface area contributed by atoms with E-state index in [2.05, 4.69) is 0 Å². The van der Waals surface area contributed by atoms with Gasteiger partial charge in [0, 0.05) is 13.1 Å². The third kappa shape index (κ3) is 6.07.